The minimum absolute atomic E-state index is 0.210. The van der Waals surface area contributed by atoms with Gasteiger partial charge in [-0.2, -0.15) is 0 Å². The number of fused-ring (bicyclic) bond motifs is 2. The number of rotatable bonds is 4. The van der Waals surface area contributed by atoms with E-state index in [0.717, 1.165) is 76.6 Å². The molecule has 0 spiro atoms. The van der Waals surface area contributed by atoms with Crippen LogP contribution in [0.4, 0.5) is 11.4 Å². The van der Waals surface area contributed by atoms with Crippen LogP contribution in [-0.4, -0.2) is 33.8 Å². The number of hydrogen-bond donors (Lipinski definition) is 1. The number of aromatic nitrogens is 3. The Morgan fingerprint density at radius 2 is 1.78 bits per heavy atom. The van der Waals surface area contributed by atoms with Gasteiger partial charge in [-0.05, 0) is 92.9 Å². The minimum Gasteiger partial charge on any atom is -0.381 e. The summed E-state index contributed by atoms with van der Waals surface area (Å²) >= 11 is 6.24. The number of anilines is 2. The Hall–Kier alpha value is -3.74. The summed E-state index contributed by atoms with van der Waals surface area (Å²) in [5.41, 5.74) is 8.81. The van der Waals surface area contributed by atoms with Crippen LogP contribution in [0.2, 0.25) is 5.02 Å². The van der Waals surface area contributed by atoms with Crippen LogP contribution in [0, 0.1) is 13.8 Å². The highest BCUT2D eigenvalue weighted by atomic mass is 35.5. The number of hydrogen-bond acceptors (Lipinski definition) is 5. The lowest BCUT2D eigenvalue weighted by Crippen LogP contribution is -2.23. The summed E-state index contributed by atoms with van der Waals surface area (Å²) in [6.07, 6.45) is 3.63. The number of nitrogens with zero attached hydrogens (tertiary/aromatic N) is 4. The fraction of sp³-hybridized carbons (Fsp3) is 0.233. The van der Waals surface area contributed by atoms with E-state index in [4.69, 9.17) is 26.3 Å². The van der Waals surface area contributed by atoms with Crippen molar-refractivity contribution in [3.8, 4) is 17.1 Å². The van der Waals surface area contributed by atoms with Gasteiger partial charge in [0.25, 0.3) is 0 Å². The van der Waals surface area contributed by atoms with Crippen LogP contribution in [0.5, 0.6) is 0 Å². The molecule has 186 valence electrons. The Morgan fingerprint density at radius 1 is 0.973 bits per heavy atom. The van der Waals surface area contributed by atoms with Gasteiger partial charge in [0.1, 0.15) is 0 Å². The van der Waals surface area contributed by atoms with Crippen LogP contribution >= 0.6 is 11.6 Å². The van der Waals surface area contributed by atoms with E-state index in [0.29, 0.717) is 5.02 Å². The van der Waals surface area contributed by atoms with Crippen LogP contribution < -0.4 is 10.7 Å². The lowest BCUT2D eigenvalue weighted by molar-refractivity contribution is 0.0864. The zero-order valence-corrected chi connectivity index (χ0v) is 21.7. The van der Waals surface area contributed by atoms with Crippen molar-refractivity contribution in [2.45, 2.75) is 32.7 Å². The first-order valence-electron chi connectivity index (χ1n) is 12.6. The third-order valence-electron chi connectivity index (χ3n) is 6.82. The number of nitrogens with one attached hydrogen (secondary N) is 1. The first-order chi connectivity index (χ1) is 18.0. The van der Waals surface area contributed by atoms with Crippen molar-refractivity contribution in [3.63, 3.8) is 0 Å². The number of pyridine rings is 1. The second-order valence-electron chi connectivity index (χ2n) is 9.51. The average molecular weight is 510 g/mol. The molecule has 37 heavy (non-hydrogen) atoms. The lowest BCUT2D eigenvalue weighted by atomic mass is 10.1. The molecule has 0 unspecified atom stereocenters. The molecule has 6 nitrogen and oxygen atoms in total. The fourth-order valence-corrected chi connectivity index (χ4v) is 4.97. The van der Waals surface area contributed by atoms with Gasteiger partial charge < -0.3 is 14.6 Å². The van der Waals surface area contributed by atoms with Crippen molar-refractivity contribution >= 4 is 34.0 Å². The standard InChI is InChI=1S/C30H28ClN5O/c1-19-5-10-25-29(16-19)36(23-8-6-21(31)7-9-23)30-18-27(33-22-11-14-37-15-12-22)26(17-28(30)35-25)34-24-4-3-13-32-20(24)2/h3-10,13,16-18,22,34H,11-12,14-15H2,1-2H3. The molecule has 0 amide bonds. The van der Waals surface area contributed by atoms with Crippen molar-refractivity contribution in [1.29, 1.82) is 0 Å². The van der Waals surface area contributed by atoms with E-state index in [9.17, 15) is 0 Å². The Labute approximate surface area is 221 Å². The van der Waals surface area contributed by atoms with Gasteiger partial charge in [0.15, 0.2) is 0 Å². The molecular weight excluding hydrogens is 482 g/mol. The van der Waals surface area contributed by atoms with E-state index in [1.807, 2.05) is 43.3 Å². The maximum atomic E-state index is 6.24. The number of aryl methyl sites for hydroxylation is 2. The molecule has 1 aliphatic carbocycles. The van der Waals surface area contributed by atoms with Crippen LogP contribution in [0.15, 0.2) is 77.9 Å². The second-order valence-corrected chi connectivity index (χ2v) is 9.94. The van der Waals surface area contributed by atoms with Crippen LogP contribution in [0.3, 0.4) is 0 Å². The Kier molecular flexibility index (Phi) is 6.37. The molecule has 6 rings (SSSR count). The SMILES string of the molecule is Cc1ccc2nc3cc(Nc4cccnc4C)c(=NC4CCOCC4)cc-3n(-c3ccc(Cl)cc3)c2c1. The number of halogens is 1. The van der Waals surface area contributed by atoms with Gasteiger partial charge in [0.2, 0.25) is 0 Å². The fourth-order valence-electron chi connectivity index (χ4n) is 4.85. The number of ether oxygens (including phenoxy) is 1. The molecule has 1 fully saturated rings. The molecule has 7 heteroatoms. The normalized spacial score (nSPS) is 14.9. The van der Waals surface area contributed by atoms with Crippen LogP contribution in [-0.2, 0) is 4.74 Å². The van der Waals surface area contributed by atoms with Gasteiger partial charge in [-0.1, -0.05) is 17.7 Å². The molecule has 0 radical (unpaired) electrons. The topological polar surface area (TPSA) is 64.3 Å². The van der Waals surface area contributed by atoms with Gasteiger partial charge in [0, 0.05) is 30.1 Å². The van der Waals surface area contributed by atoms with Crippen LogP contribution in [0.1, 0.15) is 24.1 Å². The molecule has 2 aliphatic heterocycles. The molecule has 3 aliphatic rings. The molecule has 1 saturated heterocycles. The van der Waals surface area contributed by atoms with Gasteiger partial charge in [-0.15, -0.1) is 0 Å². The van der Waals surface area contributed by atoms with Gasteiger partial charge in [-0.3, -0.25) is 9.98 Å². The summed E-state index contributed by atoms with van der Waals surface area (Å²) in [6.45, 7) is 5.58. The van der Waals surface area contributed by atoms with Crippen molar-refractivity contribution in [3.05, 3.63) is 94.6 Å². The van der Waals surface area contributed by atoms with E-state index in [1.165, 1.54) is 5.56 Å². The average Bonchev–Trinajstić information content (AvgIpc) is 2.90. The highest BCUT2D eigenvalue weighted by Gasteiger charge is 2.19. The van der Waals surface area contributed by atoms with E-state index in [-0.39, 0.29) is 6.04 Å². The maximum Gasteiger partial charge on any atom is 0.0900 e. The van der Waals surface area contributed by atoms with Gasteiger partial charge >= 0.3 is 0 Å². The summed E-state index contributed by atoms with van der Waals surface area (Å²) in [5.74, 6) is 0. The summed E-state index contributed by atoms with van der Waals surface area (Å²) < 4.78 is 7.84. The minimum atomic E-state index is 0.210. The lowest BCUT2D eigenvalue weighted by Gasteiger charge is -2.22. The van der Waals surface area contributed by atoms with Crippen molar-refractivity contribution in [1.82, 2.24) is 14.5 Å². The summed E-state index contributed by atoms with van der Waals surface area (Å²) in [7, 11) is 0. The van der Waals surface area contributed by atoms with Crippen molar-refractivity contribution < 1.29 is 4.74 Å². The zero-order chi connectivity index (χ0) is 25.4. The summed E-state index contributed by atoms with van der Waals surface area (Å²) in [6, 6.07) is 22.7. The molecule has 0 saturated carbocycles. The zero-order valence-electron chi connectivity index (χ0n) is 20.9. The molecule has 3 heterocycles. The van der Waals surface area contributed by atoms with Gasteiger partial charge in [-0.25, -0.2) is 4.98 Å². The van der Waals surface area contributed by atoms with E-state index in [2.05, 4.69) is 52.1 Å². The maximum absolute atomic E-state index is 6.24. The third-order valence-corrected chi connectivity index (χ3v) is 7.07. The monoisotopic (exact) mass is 509 g/mol. The molecular formula is C30H28ClN5O. The summed E-state index contributed by atoms with van der Waals surface area (Å²) in [4.78, 5) is 14.7. The Morgan fingerprint density at radius 3 is 2.57 bits per heavy atom. The largest absolute Gasteiger partial charge is 0.381 e. The van der Waals surface area contributed by atoms with E-state index < -0.39 is 0 Å². The van der Waals surface area contributed by atoms with Crippen molar-refractivity contribution in [2.24, 2.45) is 4.99 Å². The summed E-state index contributed by atoms with van der Waals surface area (Å²) in [5, 5.41) is 5.20. The smallest absolute Gasteiger partial charge is 0.0900 e. The Balaban J connectivity index is 1.64. The predicted molar refractivity (Wildman–Crippen MR) is 149 cm³/mol. The first kappa shape index (κ1) is 23.6. The van der Waals surface area contributed by atoms with Crippen LogP contribution in [0.25, 0.3) is 28.1 Å². The van der Waals surface area contributed by atoms with Gasteiger partial charge in [0.05, 0.1) is 50.9 Å². The quantitative estimate of drug-likeness (QED) is 0.276. The molecule has 1 N–H and O–H groups in total. The van der Waals surface area contributed by atoms with E-state index >= 15 is 0 Å². The molecule has 0 atom stereocenters. The first-order valence-corrected chi connectivity index (χ1v) is 13.0. The number of benzene rings is 3. The highest BCUT2D eigenvalue weighted by Crippen LogP contribution is 2.31. The Bertz CT molecular complexity index is 1620. The molecule has 0 bridgehead atoms. The third kappa shape index (κ3) is 4.82. The predicted octanol–water partition coefficient (Wildman–Crippen LogP) is 6.62. The van der Waals surface area contributed by atoms with E-state index in [1.54, 1.807) is 6.20 Å². The molecule has 3 aromatic rings. The highest BCUT2D eigenvalue weighted by molar-refractivity contribution is 6.30. The second kappa shape index (κ2) is 9.96. The molecule has 2 aromatic carbocycles. The molecule has 1 aromatic heterocycles. The van der Waals surface area contributed by atoms with Crippen molar-refractivity contribution in [2.75, 3.05) is 18.5 Å².